The first-order valence-electron chi connectivity index (χ1n) is 9.38. The number of hydrogen-bond acceptors (Lipinski definition) is 8. The summed E-state index contributed by atoms with van der Waals surface area (Å²) < 4.78 is 12.2. The van der Waals surface area contributed by atoms with Crippen LogP contribution < -0.4 is 10.1 Å². The van der Waals surface area contributed by atoms with Gasteiger partial charge in [-0.1, -0.05) is 28.6 Å². The van der Waals surface area contributed by atoms with Crippen LogP contribution in [0.2, 0.25) is 0 Å². The first-order valence-corrected chi connectivity index (χ1v) is 10.3. The molecule has 30 heavy (non-hydrogen) atoms. The van der Waals surface area contributed by atoms with Gasteiger partial charge in [-0.3, -0.25) is 4.79 Å². The Morgan fingerprint density at radius 2 is 2.20 bits per heavy atom. The summed E-state index contributed by atoms with van der Waals surface area (Å²) in [5, 5.41) is 18.9. The van der Waals surface area contributed by atoms with Crippen molar-refractivity contribution in [3.63, 3.8) is 0 Å². The van der Waals surface area contributed by atoms with Gasteiger partial charge in [0, 0.05) is 23.9 Å². The monoisotopic (exact) mass is 424 g/mol. The number of aromatic nitrogens is 5. The fourth-order valence-corrected chi connectivity index (χ4v) is 3.53. The van der Waals surface area contributed by atoms with Crippen molar-refractivity contribution in [2.24, 2.45) is 0 Å². The predicted molar refractivity (Wildman–Crippen MR) is 111 cm³/mol. The molecule has 9 nitrogen and oxygen atoms in total. The average molecular weight is 424 g/mol. The highest BCUT2D eigenvalue weighted by Gasteiger charge is 2.14. The molecule has 4 aromatic rings. The largest absolute Gasteiger partial charge is 0.496 e. The zero-order valence-corrected chi connectivity index (χ0v) is 17.1. The van der Waals surface area contributed by atoms with Crippen molar-refractivity contribution in [3.8, 4) is 28.7 Å². The van der Waals surface area contributed by atoms with E-state index in [9.17, 15) is 4.79 Å². The van der Waals surface area contributed by atoms with Crippen LogP contribution in [0.25, 0.3) is 23.0 Å². The molecule has 0 saturated carbocycles. The van der Waals surface area contributed by atoms with Gasteiger partial charge < -0.3 is 14.6 Å². The van der Waals surface area contributed by atoms with Crippen LogP contribution in [0.4, 0.5) is 0 Å². The minimum Gasteiger partial charge on any atom is -0.496 e. The molecular formula is C20H20N6O3S. The SMILES string of the molecule is COc1ccccc1CCC(=O)NCCn1cc(-c2nc(-c3ccsc3)no2)nn1. The van der Waals surface area contributed by atoms with E-state index in [0.717, 1.165) is 16.9 Å². The summed E-state index contributed by atoms with van der Waals surface area (Å²) in [7, 11) is 1.63. The van der Waals surface area contributed by atoms with E-state index in [1.165, 1.54) is 0 Å². The van der Waals surface area contributed by atoms with Gasteiger partial charge in [-0.25, -0.2) is 4.68 Å². The molecule has 10 heteroatoms. The Morgan fingerprint density at radius 3 is 3.03 bits per heavy atom. The zero-order chi connectivity index (χ0) is 20.8. The maximum atomic E-state index is 12.1. The molecule has 0 fully saturated rings. The number of ether oxygens (including phenoxy) is 1. The summed E-state index contributed by atoms with van der Waals surface area (Å²) in [5.74, 6) is 1.59. The molecule has 0 saturated heterocycles. The van der Waals surface area contributed by atoms with Crippen LogP contribution >= 0.6 is 11.3 Å². The fraction of sp³-hybridized carbons (Fsp3) is 0.250. The van der Waals surface area contributed by atoms with E-state index in [-0.39, 0.29) is 5.91 Å². The molecule has 0 aliphatic heterocycles. The molecule has 0 aliphatic rings. The van der Waals surface area contributed by atoms with Crippen molar-refractivity contribution in [1.29, 1.82) is 0 Å². The Kier molecular flexibility index (Phi) is 6.14. The molecule has 3 aromatic heterocycles. The third kappa shape index (κ3) is 4.71. The van der Waals surface area contributed by atoms with Crippen molar-refractivity contribution >= 4 is 17.2 Å². The van der Waals surface area contributed by atoms with Crippen LogP contribution in [0.3, 0.4) is 0 Å². The number of rotatable bonds is 9. The summed E-state index contributed by atoms with van der Waals surface area (Å²) in [5.41, 5.74) is 2.40. The number of thiophene rings is 1. The van der Waals surface area contributed by atoms with Gasteiger partial charge in [0.1, 0.15) is 5.75 Å². The highest BCUT2D eigenvalue weighted by atomic mass is 32.1. The first-order chi connectivity index (χ1) is 14.7. The molecule has 3 heterocycles. The molecule has 0 atom stereocenters. The number of methoxy groups -OCH3 is 1. The molecular weight excluding hydrogens is 404 g/mol. The highest BCUT2D eigenvalue weighted by Crippen LogP contribution is 2.22. The number of aryl methyl sites for hydroxylation is 1. The average Bonchev–Trinajstić information content (AvgIpc) is 3.53. The van der Waals surface area contributed by atoms with E-state index in [4.69, 9.17) is 9.26 Å². The molecule has 0 bridgehead atoms. The lowest BCUT2D eigenvalue weighted by atomic mass is 10.1. The van der Waals surface area contributed by atoms with E-state index in [1.807, 2.05) is 41.1 Å². The lowest BCUT2D eigenvalue weighted by molar-refractivity contribution is -0.121. The second-order valence-corrected chi connectivity index (χ2v) is 7.24. The Balaban J connectivity index is 1.25. The smallest absolute Gasteiger partial charge is 0.280 e. The highest BCUT2D eigenvalue weighted by molar-refractivity contribution is 7.08. The second kappa shape index (κ2) is 9.31. The van der Waals surface area contributed by atoms with Crippen LogP contribution in [-0.2, 0) is 17.8 Å². The molecule has 0 aliphatic carbocycles. The minimum absolute atomic E-state index is 0.0291. The summed E-state index contributed by atoms with van der Waals surface area (Å²) in [6, 6.07) is 9.62. The summed E-state index contributed by atoms with van der Waals surface area (Å²) in [6.07, 6.45) is 2.72. The van der Waals surface area contributed by atoms with Gasteiger partial charge in [0.15, 0.2) is 5.69 Å². The normalized spacial score (nSPS) is 10.8. The third-order valence-electron chi connectivity index (χ3n) is 4.44. The quantitative estimate of drug-likeness (QED) is 0.440. The number of para-hydroxylation sites is 1. The van der Waals surface area contributed by atoms with Crippen molar-refractivity contribution in [2.45, 2.75) is 19.4 Å². The number of benzene rings is 1. The Labute approximate surface area is 176 Å². The minimum atomic E-state index is -0.0291. The van der Waals surface area contributed by atoms with E-state index in [2.05, 4.69) is 25.8 Å². The van der Waals surface area contributed by atoms with E-state index in [1.54, 1.807) is 29.3 Å². The molecule has 1 N–H and O–H groups in total. The molecule has 1 aromatic carbocycles. The number of carbonyl (C=O) groups excluding carboxylic acids is 1. The maximum absolute atomic E-state index is 12.1. The molecule has 4 rings (SSSR count). The molecule has 0 unspecified atom stereocenters. The lowest BCUT2D eigenvalue weighted by Crippen LogP contribution is -2.27. The Morgan fingerprint density at radius 1 is 1.30 bits per heavy atom. The van der Waals surface area contributed by atoms with Gasteiger partial charge >= 0.3 is 0 Å². The Hall–Kier alpha value is -3.53. The van der Waals surface area contributed by atoms with Gasteiger partial charge in [0.25, 0.3) is 5.89 Å². The van der Waals surface area contributed by atoms with Crippen LogP contribution in [-0.4, -0.2) is 44.7 Å². The second-order valence-electron chi connectivity index (χ2n) is 6.46. The molecule has 0 spiro atoms. The zero-order valence-electron chi connectivity index (χ0n) is 16.3. The maximum Gasteiger partial charge on any atom is 0.280 e. The van der Waals surface area contributed by atoms with E-state index >= 15 is 0 Å². The number of hydrogen-bond donors (Lipinski definition) is 1. The standard InChI is InChI=1S/C20H20N6O3S/c1-28-17-5-3-2-4-14(17)6-7-18(27)21-9-10-26-12-16(23-25-26)20-22-19(24-29-20)15-8-11-30-13-15/h2-5,8,11-13H,6-7,9-10H2,1H3,(H,21,27). The number of nitrogens with one attached hydrogen (secondary N) is 1. The van der Waals surface area contributed by atoms with Crippen LogP contribution in [0, 0.1) is 0 Å². The van der Waals surface area contributed by atoms with E-state index < -0.39 is 0 Å². The predicted octanol–water partition coefficient (Wildman–Crippen LogP) is 2.81. The van der Waals surface area contributed by atoms with Crippen molar-refractivity contribution in [1.82, 2.24) is 30.5 Å². The van der Waals surface area contributed by atoms with E-state index in [0.29, 0.717) is 43.3 Å². The third-order valence-corrected chi connectivity index (χ3v) is 5.12. The van der Waals surface area contributed by atoms with Crippen LogP contribution in [0.5, 0.6) is 5.75 Å². The number of carbonyl (C=O) groups is 1. The van der Waals surface area contributed by atoms with Gasteiger partial charge in [-0.05, 0) is 29.5 Å². The van der Waals surface area contributed by atoms with Gasteiger partial charge in [-0.15, -0.1) is 5.10 Å². The number of amides is 1. The summed E-state index contributed by atoms with van der Waals surface area (Å²) in [6.45, 7) is 0.927. The van der Waals surface area contributed by atoms with Gasteiger partial charge in [0.2, 0.25) is 11.7 Å². The topological polar surface area (TPSA) is 108 Å². The fourth-order valence-electron chi connectivity index (χ4n) is 2.90. The van der Waals surface area contributed by atoms with Gasteiger partial charge in [-0.2, -0.15) is 16.3 Å². The summed E-state index contributed by atoms with van der Waals surface area (Å²) >= 11 is 1.56. The Bertz CT molecular complexity index is 1110. The lowest BCUT2D eigenvalue weighted by Gasteiger charge is -2.08. The van der Waals surface area contributed by atoms with Crippen LogP contribution in [0.15, 0.2) is 51.8 Å². The first kappa shape index (κ1) is 19.8. The van der Waals surface area contributed by atoms with Crippen molar-refractivity contribution < 1.29 is 14.1 Å². The molecule has 0 radical (unpaired) electrons. The van der Waals surface area contributed by atoms with Gasteiger partial charge in [0.05, 0.1) is 19.9 Å². The molecule has 154 valence electrons. The molecule has 1 amide bonds. The number of nitrogens with zero attached hydrogens (tertiary/aromatic N) is 5. The summed E-state index contributed by atoms with van der Waals surface area (Å²) in [4.78, 5) is 16.5. The van der Waals surface area contributed by atoms with Crippen molar-refractivity contribution in [3.05, 3.63) is 52.9 Å². The van der Waals surface area contributed by atoms with Crippen molar-refractivity contribution in [2.75, 3.05) is 13.7 Å². The van der Waals surface area contributed by atoms with Crippen LogP contribution in [0.1, 0.15) is 12.0 Å².